The standard InChI is InChI=1S/C15H15N3O3/c1-10(13-9-12(19)7-8-14(13)20)17-18-15(21)16-11-5-3-2-4-6-11/h2-9,19-20H,1H3,(H2,16,18,21)/b17-10+. The van der Waals surface area contributed by atoms with Crippen molar-refractivity contribution in [3.8, 4) is 11.5 Å². The Kier molecular flexibility index (Phi) is 4.40. The highest BCUT2D eigenvalue weighted by Crippen LogP contribution is 2.22. The first kappa shape index (κ1) is 14.4. The number of amides is 2. The fourth-order valence-corrected chi connectivity index (χ4v) is 1.69. The van der Waals surface area contributed by atoms with E-state index in [1.807, 2.05) is 6.07 Å². The summed E-state index contributed by atoms with van der Waals surface area (Å²) >= 11 is 0. The van der Waals surface area contributed by atoms with Crippen molar-refractivity contribution < 1.29 is 15.0 Å². The van der Waals surface area contributed by atoms with Crippen LogP contribution in [0.2, 0.25) is 0 Å². The van der Waals surface area contributed by atoms with Crippen LogP contribution in [0.25, 0.3) is 0 Å². The summed E-state index contributed by atoms with van der Waals surface area (Å²) in [7, 11) is 0. The molecule has 108 valence electrons. The number of rotatable bonds is 3. The van der Waals surface area contributed by atoms with Crippen LogP contribution in [0.1, 0.15) is 12.5 Å². The van der Waals surface area contributed by atoms with Crippen LogP contribution in [-0.2, 0) is 0 Å². The Morgan fingerprint density at radius 1 is 1.10 bits per heavy atom. The number of hydrogen-bond acceptors (Lipinski definition) is 4. The van der Waals surface area contributed by atoms with Gasteiger partial charge in [-0.1, -0.05) is 18.2 Å². The van der Waals surface area contributed by atoms with Crippen molar-refractivity contribution in [3.05, 3.63) is 54.1 Å². The number of benzene rings is 2. The van der Waals surface area contributed by atoms with Gasteiger partial charge >= 0.3 is 6.03 Å². The van der Waals surface area contributed by atoms with E-state index >= 15 is 0 Å². The van der Waals surface area contributed by atoms with Crippen molar-refractivity contribution in [1.82, 2.24) is 5.43 Å². The Labute approximate surface area is 121 Å². The van der Waals surface area contributed by atoms with Gasteiger partial charge in [-0.15, -0.1) is 0 Å². The van der Waals surface area contributed by atoms with Gasteiger partial charge in [0.25, 0.3) is 0 Å². The van der Waals surface area contributed by atoms with Crippen LogP contribution in [-0.4, -0.2) is 22.0 Å². The molecule has 0 aliphatic heterocycles. The zero-order valence-corrected chi connectivity index (χ0v) is 11.4. The lowest BCUT2D eigenvalue weighted by molar-refractivity contribution is 0.252. The van der Waals surface area contributed by atoms with Crippen LogP contribution in [0.5, 0.6) is 11.5 Å². The van der Waals surface area contributed by atoms with E-state index in [0.29, 0.717) is 17.0 Å². The third kappa shape index (κ3) is 3.97. The molecule has 0 saturated carbocycles. The van der Waals surface area contributed by atoms with Crippen LogP contribution >= 0.6 is 0 Å². The van der Waals surface area contributed by atoms with E-state index in [1.54, 1.807) is 31.2 Å². The number of carbonyl (C=O) groups is 1. The van der Waals surface area contributed by atoms with Gasteiger partial charge in [-0.2, -0.15) is 5.10 Å². The number of nitrogens with zero attached hydrogens (tertiary/aromatic N) is 1. The number of para-hydroxylation sites is 1. The molecular formula is C15H15N3O3. The van der Waals surface area contributed by atoms with E-state index in [9.17, 15) is 15.0 Å². The largest absolute Gasteiger partial charge is 0.508 e. The minimum atomic E-state index is -0.500. The molecule has 0 heterocycles. The molecule has 4 N–H and O–H groups in total. The van der Waals surface area contributed by atoms with Crippen molar-refractivity contribution in [1.29, 1.82) is 0 Å². The molecule has 0 fully saturated rings. The Hall–Kier alpha value is -3.02. The molecule has 0 unspecified atom stereocenters. The molecule has 21 heavy (non-hydrogen) atoms. The number of phenolic OH excluding ortho intramolecular Hbond substituents is 2. The van der Waals surface area contributed by atoms with Crippen molar-refractivity contribution >= 4 is 17.4 Å². The molecule has 2 rings (SSSR count). The van der Waals surface area contributed by atoms with Crippen molar-refractivity contribution in [2.45, 2.75) is 6.92 Å². The van der Waals surface area contributed by atoms with Crippen LogP contribution in [0.4, 0.5) is 10.5 Å². The molecule has 0 aliphatic carbocycles. The highest BCUT2D eigenvalue weighted by atomic mass is 16.3. The van der Waals surface area contributed by atoms with E-state index in [2.05, 4.69) is 15.8 Å². The Bertz CT molecular complexity index is 669. The first-order valence-corrected chi connectivity index (χ1v) is 6.25. The fraction of sp³-hybridized carbons (Fsp3) is 0.0667. The Morgan fingerprint density at radius 3 is 2.52 bits per heavy atom. The normalized spacial score (nSPS) is 11.0. The van der Waals surface area contributed by atoms with Gasteiger partial charge in [0.2, 0.25) is 0 Å². The van der Waals surface area contributed by atoms with Gasteiger partial charge in [0.15, 0.2) is 0 Å². The van der Waals surface area contributed by atoms with E-state index < -0.39 is 6.03 Å². The second-order valence-electron chi connectivity index (χ2n) is 4.33. The van der Waals surface area contributed by atoms with Gasteiger partial charge in [-0.25, -0.2) is 10.2 Å². The average molecular weight is 285 g/mol. The summed E-state index contributed by atoms with van der Waals surface area (Å²) in [5.74, 6) is -0.0228. The Balaban J connectivity index is 2.03. The molecule has 6 heteroatoms. The highest BCUT2D eigenvalue weighted by Gasteiger charge is 2.07. The molecule has 0 aliphatic rings. The van der Waals surface area contributed by atoms with E-state index in [1.165, 1.54) is 18.2 Å². The maximum atomic E-state index is 11.7. The minimum Gasteiger partial charge on any atom is -0.508 e. The van der Waals surface area contributed by atoms with Gasteiger partial charge < -0.3 is 15.5 Å². The molecular weight excluding hydrogens is 270 g/mol. The molecule has 0 atom stereocenters. The van der Waals surface area contributed by atoms with Crippen molar-refractivity contribution in [2.75, 3.05) is 5.32 Å². The summed E-state index contributed by atoms with van der Waals surface area (Å²) in [6, 6.07) is 12.5. The number of aromatic hydroxyl groups is 2. The van der Waals surface area contributed by atoms with Crippen molar-refractivity contribution in [2.24, 2.45) is 5.10 Å². The first-order chi connectivity index (χ1) is 10.1. The summed E-state index contributed by atoms with van der Waals surface area (Å²) in [5, 5.41) is 25.6. The topological polar surface area (TPSA) is 94.0 Å². The van der Waals surface area contributed by atoms with Gasteiger partial charge in [-0.3, -0.25) is 0 Å². The molecule has 0 spiro atoms. The molecule has 2 aromatic rings. The third-order valence-electron chi connectivity index (χ3n) is 2.73. The zero-order chi connectivity index (χ0) is 15.2. The second kappa shape index (κ2) is 6.42. The number of anilines is 1. The van der Waals surface area contributed by atoms with E-state index in [-0.39, 0.29) is 11.5 Å². The number of hydrazone groups is 1. The summed E-state index contributed by atoms with van der Waals surface area (Å²) in [6.45, 7) is 1.61. The van der Waals surface area contributed by atoms with Crippen LogP contribution in [0, 0.1) is 0 Å². The van der Waals surface area contributed by atoms with Crippen LogP contribution in [0.3, 0.4) is 0 Å². The molecule has 0 bridgehead atoms. The van der Waals surface area contributed by atoms with Crippen LogP contribution in [0.15, 0.2) is 53.6 Å². The van der Waals surface area contributed by atoms with Gasteiger partial charge in [-0.05, 0) is 37.3 Å². The molecule has 2 amide bonds. The summed E-state index contributed by atoms with van der Waals surface area (Å²) in [5.41, 5.74) is 3.67. The maximum Gasteiger partial charge on any atom is 0.339 e. The fourth-order valence-electron chi connectivity index (χ4n) is 1.69. The van der Waals surface area contributed by atoms with Gasteiger partial charge in [0.1, 0.15) is 11.5 Å². The monoisotopic (exact) mass is 285 g/mol. The number of hydrogen-bond donors (Lipinski definition) is 4. The molecule has 6 nitrogen and oxygen atoms in total. The van der Waals surface area contributed by atoms with Gasteiger partial charge in [0, 0.05) is 11.3 Å². The third-order valence-corrected chi connectivity index (χ3v) is 2.73. The first-order valence-electron chi connectivity index (χ1n) is 6.25. The average Bonchev–Trinajstić information content (AvgIpc) is 2.48. The number of nitrogens with one attached hydrogen (secondary N) is 2. The summed E-state index contributed by atoms with van der Waals surface area (Å²) in [4.78, 5) is 11.7. The number of carbonyl (C=O) groups excluding carboxylic acids is 1. The summed E-state index contributed by atoms with van der Waals surface area (Å²) < 4.78 is 0. The van der Waals surface area contributed by atoms with E-state index in [4.69, 9.17) is 0 Å². The second-order valence-corrected chi connectivity index (χ2v) is 4.33. The SMILES string of the molecule is C/C(=N\NC(=O)Nc1ccccc1)c1cc(O)ccc1O. The number of phenols is 2. The lowest BCUT2D eigenvalue weighted by atomic mass is 10.1. The Morgan fingerprint density at radius 2 is 1.81 bits per heavy atom. The molecule has 2 aromatic carbocycles. The lowest BCUT2D eigenvalue weighted by Gasteiger charge is -2.07. The molecule has 0 saturated heterocycles. The minimum absolute atomic E-state index is 0.00564. The quantitative estimate of drug-likeness (QED) is 0.397. The van der Waals surface area contributed by atoms with Crippen molar-refractivity contribution in [3.63, 3.8) is 0 Å². The highest BCUT2D eigenvalue weighted by molar-refractivity contribution is 6.02. The van der Waals surface area contributed by atoms with E-state index in [0.717, 1.165) is 0 Å². The van der Waals surface area contributed by atoms with Crippen LogP contribution < -0.4 is 10.7 Å². The predicted octanol–water partition coefficient (Wildman–Crippen LogP) is 2.64. The summed E-state index contributed by atoms with van der Waals surface area (Å²) in [6.07, 6.45) is 0. The predicted molar refractivity (Wildman–Crippen MR) is 80.6 cm³/mol. The smallest absolute Gasteiger partial charge is 0.339 e. The lowest BCUT2D eigenvalue weighted by Crippen LogP contribution is -2.25. The van der Waals surface area contributed by atoms with Gasteiger partial charge in [0.05, 0.1) is 5.71 Å². The number of urea groups is 1. The zero-order valence-electron chi connectivity index (χ0n) is 11.4. The maximum absolute atomic E-state index is 11.7. The molecule has 0 radical (unpaired) electrons. The molecule has 0 aromatic heterocycles.